The lowest BCUT2D eigenvalue weighted by molar-refractivity contribution is -0.145. The zero-order valence-electron chi connectivity index (χ0n) is 10.2. The molecule has 19 heavy (non-hydrogen) atoms. The number of hydrogen-bond donors (Lipinski definition) is 0. The van der Waals surface area contributed by atoms with Crippen molar-refractivity contribution in [1.29, 1.82) is 0 Å². The van der Waals surface area contributed by atoms with Gasteiger partial charge in [0.1, 0.15) is 0 Å². The van der Waals surface area contributed by atoms with Crippen molar-refractivity contribution in [3.05, 3.63) is 29.5 Å². The van der Waals surface area contributed by atoms with Gasteiger partial charge in [0.2, 0.25) is 5.82 Å². The van der Waals surface area contributed by atoms with E-state index in [0.29, 0.717) is 31.9 Å². The molecule has 1 aromatic heterocycles. The SMILES string of the molecule is [NH-]C[C@@H](c1cnc(C(F)(F)F)nc1)N1CCOCC1. The number of nitrogens with one attached hydrogen (secondary N) is 1. The lowest BCUT2D eigenvalue weighted by atomic mass is 10.1. The van der Waals surface area contributed by atoms with E-state index in [1.807, 2.05) is 4.90 Å². The minimum Gasteiger partial charge on any atom is -0.676 e. The van der Waals surface area contributed by atoms with Crippen LogP contribution in [-0.4, -0.2) is 47.7 Å². The molecule has 0 amide bonds. The number of halogens is 3. The largest absolute Gasteiger partial charge is 0.676 e. The van der Waals surface area contributed by atoms with Crippen molar-refractivity contribution in [2.45, 2.75) is 12.2 Å². The number of nitrogens with zero attached hydrogens (tertiary/aromatic N) is 3. The average molecular weight is 275 g/mol. The first-order valence-electron chi connectivity index (χ1n) is 5.88. The van der Waals surface area contributed by atoms with E-state index in [4.69, 9.17) is 10.5 Å². The van der Waals surface area contributed by atoms with Crippen molar-refractivity contribution < 1.29 is 17.9 Å². The summed E-state index contributed by atoms with van der Waals surface area (Å²) in [6.07, 6.45) is -2.22. The van der Waals surface area contributed by atoms with Crippen LogP contribution in [0.15, 0.2) is 12.4 Å². The van der Waals surface area contributed by atoms with Gasteiger partial charge in [-0.15, -0.1) is 6.54 Å². The van der Waals surface area contributed by atoms with Gasteiger partial charge in [-0.3, -0.25) is 4.90 Å². The third kappa shape index (κ3) is 3.40. The maximum Gasteiger partial charge on any atom is 0.451 e. The maximum absolute atomic E-state index is 12.4. The molecule has 0 radical (unpaired) electrons. The third-order valence-corrected chi connectivity index (χ3v) is 2.99. The predicted molar refractivity (Wildman–Crippen MR) is 61.4 cm³/mol. The fourth-order valence-electron chi connectivity index (χ4n) is 2.00. The molecule has 1 aliphatic heterocycles. The van der Waals surface area contributed by atoms with Gasteiger partial charge in [-0.25, -0.2) is 9.97 Å². The minimum absolute atomic E-state index is 0.0503. The highest BCUT2D eigenvalue weighted by molar-refractivity contribution is 5.13. The zero-order chi connectivity index (χ0) is 13.9. The molecule has 1 atom stereocenters. The van der Waals surface area contributed by atoms with Gasteiger partial charge in [0.15, 0.2) is 0 Å². The summed E-state index contributed by atoms with van der Waals surface area (Å²) in [5.41, 5.74) is 8.08. The van der Waals surface area contributed by atoms with Gasteiger partial charge in [0, 0.05) is 37.1 Å². The molecular formula is C11H14F3N4O-. The van der Waals surface area contributed by atoms with Crippen LogP contribution in [0.2, 0.25) is 0 Å². The summed E-state index contributed by atoms with van der Waals surface area (Å²) in [6.45, 7) is 2.50. The first kappa shape index (κ1) is 14.2. The van der Waals surface area contributed by atoms with E-state index >= 15 is 0 Å². The zero-order valence-corrected chi connectivity index (χ0v) is 10.2. The minimum atomic E-state index is -4.53. The summed E-state index contributed by atoms with van der Waals surface area (Å²) in [7, 11) is 0. The van der Waals surface area contributed by atoms with Crippen LogP contribution in [0.3, 0.4) is 0 Å². The van der Waals surface area contributed by atoms with E-state index in [0.717, 1.165) is 12.4 Å². The summed E-state index contributed by atoms with van der Waals surface area (Å²) >= 11 is 0. The van der Waals surface area contributed by atoms with Gasteiger partial charge in [-0.05, 0) is 0 Å². The number of rotatable bonds is 3. The topological polar surface area (TPSA) is 62.0 Å². The molecule has 8 heteroatoms. The second kappa shape index (κ2) is 5.81. The fraction of sp³-hybridized carbons (Fsp3) is 0.636. The summed E-state index contributed by atoms with van der Waals surface area (Å²) in [5.74, 6) is -1.15. The Morgan fingerprint density at radius 1 is 1.26 bits per heavy atom. The Labute approximate surface area is 108 Å². The standard InChI is InChI=1S/C11H14F3N4O/c12-11(13,14)10-16-6-8(7-17-10)9(5-15)18-1-3-19-4-2-18/h6-7,9,15H,1-5H2/q-1/t9-/m0/s1. The normalized spacial score (nSPS) is 19.4. The van der Waals surface area contributed by atoms with Crippen LogP contribution in [0.25, 0.3) is 5.73 Å². The molecule has 5 nitrogen and oxygen atoms in total. The van der Waals surface area contributed by atoms with Crippen molar-refractivity contribution in [1.82, 2.24) is 14.9 Å². The summed E-state index contributed by atoms with van der Waals surface area (Å²) in [6, 6.07) is -0.286. The Hall–Kier alpha value is -1.25. The molecule has 0 aliphatic carbocycles. The molecule has 2 heterocycles. The Morgan fingerprint density at radius 3 is 2.32 bits per heavy atom. The fourth-order valence-corrected chi connectivity index (χ4v) is 2.00. The van der Waals surface area contributed by atoms with E-state index in [1.54, 1.807) is 0 Å². The Bertz CT molecular complexity index is 403. The van der Waals surface area contributed by atoms with Gasteiger partial charge in [-0.2, -0.15) is 13.2 Å². The summed E-state index contributed by atoms with van der Waals surface area (Å²) in [4.78, 5) is 8.68. The van der Waals surface area contributed by atoms with Crippen molar-refractivity contribution in [3.8, 4) is 0 Å². The van der Waals surface area contributed by atoms with Crippen molar-refractivity contribution in [3.63, 3.8) is 0 Å². The first-order valence-corrected chi connectivity index (χ1v) is 5.88. The number of hydrogen-bond acceptors (Lipinski definition) is 4. The molecule has 1 fully saturated rings. The Morgan fingerprint density at radius 2 is 1.84 bits per heavy atom. The summed E-state index contributed by atoms with van der Waals surface area (Å²) in [5, 5.41) is 0. The number of aromatic nitrogens is 2. The second-order valence-corrected chi connectivity index (χ2v) is 4.21. The lowest BCUT2D eigenvalue weighted by Gasteiger charge is -2.35. The van der Waals surface area contributed by atoms with E-state index in [-0.39, 0.29) is 12.6 Å². The molecule has 106 valence electrons. The molecule has 1 saturated heterocycles. The van der Waals surface area contributed by atoms with Crippen LogP contribution in [0, 0.1) is 0 Å². The van der Waals surface area contributed by atoms with E-state index < -0.39 is 12.0 Å². The quantitative estimate of drug-likeness (QED) is 0.845. The third-order valence-electron chi connectivity index (χ3n) is 2.99. The first-order chi connectivity index (χ1) is 9.02. The number of ether oxygens (including phenoxy) is 1. The smallest absolute Gasteiger partial charge is 0.451 e. The molecule has 0 saturated carbocycles. The van der Waals surface area contributed by atoms with Gasteiger partial charge >= 0.3 is 6.18 Å². The number of morpholine rings is 1. The van der Waals surface area contributed by atoms with Gasteiger partial charge in [0.05, 0.1) is 13.2 Å². The molecule has 1 aliphatic rings. The van der Waals surface area contributed by atoms with Gasteiger partial charge in [0.25, 0.3) is 0 Å². The van der Waals surface area contributed by atoms with E-state index in [9.17, 15) is 13.2 Å². The Balaban J connectivity index is 2.14. The highest BCUT2D eigenvalue weighted by Crippen LogP contribution is 2.27. The molecule has 2 rings (SSSR count). The van der Waals surface area contributed by atoms with Crippen molar-refractivity contribution >= 4 is 0 Å². The summed E-state index contributed by atoms with van der Waals surface area (Å²) < 4.78 is 42.3. The Kier molecular flexibility index (Phi) is 4.33. The second-order valence-electron chi connectivity index (χ2n) is 4.21. The van der Waals surface area contributed by atoms with Gasteiger partial charge < -0.3 is 10.5 Å². The molecule has 1 N–H and O–H groups in total. The maximum atomic E-state index is 12.4. The number of alkyl halides is 3. The van der Waals surface area contributed by atoms with Crippen molar-refractivity contribution in [2.75, 3.05) is 32.8 Å². The molecule has 0 bridgehead atoms. The van der Waals surface area contributed by atoms with E-state index in [1.165, 1.54) is 0 Å². The molecule has 0 aromatic carbocycles. The average Bonchev–Trinajstić information content (AvgIpc) is 2.40. The van der Waals surface area contributed by atoms with E-state index in [2.05, 4.69) is 9.97 Å². The van der Waals surface area contributed by atoms with Crippen LogP contribution >= 0.6 is 0 Å². The van der Waals surface area contributed by atoms with Crippen LogP contribution in [-0.2, 0) is 10.9 Å². The van der Waals surface area contributed by atoms with Gasteiger partial charge in [-0.1, -0.05) is 0 Å². The van der Waals surface area contributed by atoms with Crippen LogP contribution in [0.4, 0.5) is 13.2 Å². The molecular weight excluding hydrogens is 261 g/mol. The van der Waals surface area contributed by atoms with Crippen LogP contribution in [0.5, 0.6) is 0 Å². The van der Waals surface area contributed by atoms with Crippen molar-refractivity contribution in [2.24, 2.45) is 0 Å². The van der Waals surface area contributed by atoms with Crippen LogP contribution in [0.1, 0.15) is 17.4 Å². The predicted octanol–water partition coefficient (Wildman–Crippen LogP) is 1.92. The highest BCUT2D eigenvalue weighted by Gasteiger charge is 2.34. The molecule has 1 aromatic rings. The molecule has 0 spiro atoms. The molecule has 0 unspecified atom stereocenters. The highest BCUT2D eigenvalue weighted by atomic mass is 19.4. The monoisotopic (exact) mass is 275 g/mol. The lowest BCUT2D eigenvalue weighted by Crippen LogP contribution is -2.40. The van der Waals surface area contributed by atoms with Crippen LogP contribution < -0.4 is 0 Å².